The summed E-state index contributed by atoms with van der Waals surface area (Å²) in [5.41, 5.74) is 2.66. The molecule has 0 saturated heterocycles. The first-order valence-corrected chi connectivity index (χ1v) is 13.9. The average molecular weight is 429 g/mol. The van der Waals surface area contributed by atoms with Gasteiger partial charge in [0.2, 0.25) is 0 Å². The van der Waals surface area contributed by atoms with E-state index in [0.29, 0.717) is 33.0 Å². The van der Waals surface area contributed by atoms with Crippen LogP contribution in [0.15, 0.2) is 0 Å². The van der Waals surface area contributed by atoms with E-state index < -0.39 is 0 Å². The van der Waals surface area contributed by atoms with Crippen molar-refractivity contribution in [2.24, 2.45) is 56.2 Å². The van der Waals surface area contributed by atoms with Gasteiger partial charge in [0.15, 0.2) is 0 Å². The van der Waals surface area contributed by atoms with Gasteiger partial charge in [-0.1, -0.05) is 55.4 Å². The van der Waals surface area contributed by atoms with E-state index in [1.807, 2.05) is 0 Å². The number of aliphatic hydroxyl groups excluding tert-OH is 1. The van der Waals surface area contributed by atoms with Crippen LogP contribution in [0.5, 0.6) is 0 Å². The monoisotopic (exact) mass is 428 g/mol. The maximum atomic E-state index is 10.8. The molecule has 178 valence electrons. The van der Waals surface area contributed by atoms with Crippen molar-refractivity contribution in [2.75, 3.05) is 0 Å². The summed E-state index contributed by atoms with van der Waals surface area (Å²) in [7, 11) is 0. The fourth-order valence-electron chi connectivity index (χ4n) is 11.2. The van der Waals surface area contributed by atoms with E-state index >= 15 is 0 Å². The zero-order valence-electron chi connectivity index (χ0n) is 22.1. The number of aliphatic hydroxyl groups is 1. The molecule has 0 aromatic carbocycles. The van der Waals surface area contributed by atoms with E-state index in [1.165, 1.54) is 64.2 Å². The molecule has 9 unspecified atom stereocenters. The predicted octanol–water partition coefficient (Wildman–Crippen LogP) is 8.25. The number of rotatable bonds is 0. The molecule has 0 aliphatic heterocycles. The van der Waals surface area contributed by atoms with Crippen molar-refractivity contribution < 1.29 is 5.11 Å². The van der Waals surface area contributed by atoms with Crippen molar-refractivity contribution in [3.63, 3.8) is 0 Å². The van der Waals surface area contributed by atoms with Crippen molar-refractivity contribution in [1.29, 1.82) is 0 Å². The number of fused-ring (bicyclic) bond motifs is 7. The SMILES string of the molecule is CC1(C)CCC2(C)CCC3(C)C4CCC5C(CCC(O)C5(C)C)C4(C)CCC3(C)C2C1. The quantitative estimate of drug-likeness (QED) is 0.412. The highest BCUT2D eigenvalue weighted by Gasteiger charge is 2.69. The maximum Gasteiger partial charge on any atom is 0.0594 e. The van der Waals surface area contributed by atoms with Crippen LogP contribution >= 0.6 is 0 Å². The van der Waals surface area contributed by atoms with E-state index in [-0.39, 0.29) is 11.5 Å². The van der Waals surface area contributed by atoms with E-state index in [1.54, 1.807) is 0 Å². The van der Waals surface area contributed by atoms with Crippen LogP contribution in [0.3, 0.4) is 0 Å². The van der Waals surface area contributed by atoms with E-state index in [0.717, 1.165) is 24.2 Å². The van der Waals surface area contributed by atoms with Gasteiger partial charge in [-0.2, -0.15) is 0 Å². The first-order chi connectivity index (χ1) is 14.2. The molecule has 5 aliphatic carbocycles. The molecular formula is C30H52O. The Morgan fingerprint density at radius 3 is 1.87 bits per heavy atom. The first-order valence-electron chi connectivity index (χ1n) is 13.9. The summed E-state index contributed by atoms with van der Waals surface area (Å²) in [5, 5.41) is 10.8. The molecule has 0 amide bonds. The number of hydrogen-bond donors (Lipinski definition) is 1. The molecule has 0 aromatic heterocycles. The van der Waals surface area contributed by atoms with Crippen LogP contribution in [0.4, 0.5) is 0 Å². The van der Waals surface area contributed by atoms with Crippen LogP contribution in [0.2, 0.25) is 0 Å². The Balaban J connectivity index is 1.53. The van der Waals surface area contributed by atoms with Crippen molar-refractivity contribution in [3.05, 3.63) is 0 Å². The van der Waals surface area contributed by atoms with Gasteiger partial charge in [-0.15, -0.1) is 0 Å². The molecule has 1 heteroatoms. The summed E-state index contributed by atoms with van der Waals surface area (Å²) < 4.78 is 0. The third kappa shape index (κ3) is 2.83. The van der Waals surface area contributed by atoms with Gasteiger partial charge in [-0.25, -0.2) is 0 Å². The fourth-order valence-corrected chi connectivity index (χ4v) is 11.2. The Morgan fingerprint density at radius 2 is 1.16 bits per heavy atom. The topological polar surface area (TPSA) is 20.2 Å². The lowest BCUT2D eigenvalue weighted by atomic mass is 9.31. The van der Waals surface area contributed by atoms with Crippen LogP contribution in [0.25, 0.3) is 0 Å². The number of hydrogen-bond acceptors (Lipinski definition) is 1. The highest BCUT2D eigenvalue weighted by Crippen LogP contribution is 2.77. The lowest BCUT2D eigenvalue weighted by Gasteiger charge is -2.74. The zero-order valence-corrected chi connectivity index (χ0v) is 22.1. The average Bonchev–Trinajstić information content (AvgIpc) is 2.68. The first kappa shape index (κ1) is 22.7. The Kier molecular flexibility index (Phi) is 4.80. The standard InChI is InChI=1S/C30H52O/c1-25(2)13-14-27(5)15-17-29(7)22-11-9-20-21(10-12-24(31)26(20,3)4)28(22,6)16-18-30(29,8)23(27)19-25/h20-24,31H,9-19H2,1-8H3. The lowest BCUT2D eigenvalue weighted by Crippen LogP contribution is -2.67. The molecule has 5 aliphatic rings. The molecule has 5 rings (SSSR count). The summed E-state index contributed by atoms with van der Waals surface area (Å²) in [6, 6.07) is 0. The highest BCUT2D eigenvalue weighted by molar-refractivity contribution is 5.18. The largest absolute Gasteiger partial charge is 0.393 e. The normalized spacial score (nSPS) is 57.8. The minimum absolute atomic E-state index is 0.0943. The summed E-state index contributed by atoms with van der Waals surface area (Å²) in [6.07, 6.45) is 15.1. The van der Waals surface area contributed by atoms with Gasteiger partial charge in [0.05, 0.1) is 6.10 Å². The summed E-state index contributed by atoms with van der Waals surface area (Å²) in [5.74, 6) is 3.31. The second kappa shape index (κ2) is 6.55. The predicted molar refractivity (Wildman–Crippen MR) is 131 cm³/mol. The van der Waals surface area contributed by atoms with Crippen molar-refractivity contribution in [1.82, 2.24) is 0 Å². The Morgan fingerprint density at radius 1 is 0.581 bits per heavy atom. The molecule has 1 N–H and O–H groups in total. The summed E-state index contributed by atoms with van der Waals surface area (Å²) in [6.45, 7) is 20.8. The molecule has 0 aromatic rings. The van der Waals surface area contributed by atoms with Gasteiger partial charge in [0.25, 0.3) is 0 Å². The van der Waals surface area contributed by atoms with Crippen LogP contribution in [0.1, 0.15) is 126 Å². The molecule has 0 radical (unpaired) electrons. The lowest BCUT2D eigenvalue weighted by molar-refractivity contribution is -0.255. The molecule has 0 spiro atoms. The molecule has 0 heterocycles. The van der Waals surface area contributed by atoms with E-state index in [2.05, 4.69) is 55.4 Å². The Bertz CT molecular complexity index is 737. The van der Waals surface area contributed by atoms with Gasteiger partial charge >= 0.3 is 0 Å². The zero-order chi connectivity index (χ0) is 22.7. The summed E-state index contributed by atoms with van der Waals surface area (Å²) in [4.78, 5) is 0. The van der Waals surface area contributed by atoms with Crippen molar-refractivity contribution in [2.45, 2.75) is 132 Å². The Hall–Kier alpha value is -0.0400. The van der Waals surface area contributed by atoms with Crippen LogP contribution < -0.4 is 0 Å². The second-order valence-electron chi connectivity index (χ2n) is 15.7. The third-order valence-corrected chi connectivity index (χ3v) is 13.7. The minimum Gasteiger partial charge on any atom is -0.393 e. The van der Waals surface area contributed by atoms with Gasteiger partial charge in [-0.05, 0) is 127 Å². The van der Waals surface area contributed by atoms with Crippen molar-refractivity contribution in [3.8, 4) is 0 Å². The maximum absolute atomic E-state index is 10.8. The van der Waals surface area contributed by atoms with Crippen molar-refractivity contribution >= 4 is 0 Å². The van der Waals surface area contributed by atoms with Gasteiger partial charge in [0.1, 0.15) is 0 Å². The molecular weight excluding hydrogens is 376 g/mol. The van der Waals surface area contributed by atoms with E-state index in [4.69, 9.17) is 0 Å². The van der Waals surface area contributed by atoms with Gasteiger partial charge in [-0.3, -0.25) is 0 Å². The molecule has 31 heavy (non-hydrogen) atoms. The van der Waals surface area contributed by atoms with Crippen LogP contribution in [0, 0.1) is 56.2 Å². The van der Waals surface area contributed by atoms with Crippen LogP contribution in [-0.4, -0.2) is 11.2 Å². The Labute approximate surface area is 193 Å². The second-order valence-corrected chi connectivity index (χ2v) is 15.7. The molecule has 1 nitrogen and oxygen atoms in total. The summed E-state index contributed by atoms with van der Waals surface area (Å²) >= 11 is 0. The fraction of sp³-hybridized carbons (Fsp3) is 1.00. The molecule has 5 fully saturated rings. The third-order valence-electron chi connectivity index (χ3n) is 13.7. The molecule has 9 atom stereocenters. The molecule has 0 bridgehead atoms. The smallest absolute Gasteiger partial charge is 0.0594 e. The van der Waals surface area contributed by atoms with Gasteiger partial charge in [0, 0.05) is 0 Å². The highest BCUT2D eigenvalue weighted by atomic mass is 16.3. The van der Waals surface area contributed by atoms with Gasteiger partial charge < -0.3 is 5.11 Å². The molecule has 5 saturated carbocycles. The van der Waals surface area contributed by atoms with Crippen LogP contribution in [-0.2, 0) is 0 Å². The van der Waals surface area contributed by atoms with E-state index in [9.17, 15) is 5.11 Å². The minimum atomic E-state index is -0.0989.